The number of rotatable bonds is 5. The van der Waals surface area contributed by atoms with Crippen LogP contribution in [-0.2, 0) is 43.8 Å². The van der Waals surface area contributed by atoms with Crippen LogP contribution in [0.15, 0.2) is 24.5 Å². The number of hydrogen-bond acceptors (Lipinski definition) is 9. The molecule has 220 valence electrons. The third-order valence-corrected chi connectivity index (χ3v) is 10.0. The van der Waals surface area contributed by atoms with Crippen LogP contribution in [0.3, 0.4) is 0 Å². The number of aliphatic hydroxyl groups is 1. The zero-order chi connectivity index (χ0) is 29.1. The summed E-state index contributed by atoms with van der Waals surface area (Å²) >= 11 is 1.58. The SMILES string of the molecule is CN1CCc2nc(NC3C=CN(C)C(c4ccnc(C5Cn6c7c(c(F)c6C(=O)N5)CCCC7)c4CO)C3=O)sc2C1. The van der Waals surface area contributed by atoms with Gasteiger partial charge in [0.05, 0.1) is 24.0 Å². The highest BCUT2D eigenvalue weighted by molar-refractivity contribution is 7.15. The summed E-state index contributed by atoms with van der Waals surface area (Å²) in [4.78, 5) is 41.8. The van der Waals surface area contributed by atoms with Crippen molar-refractivity contribution in [2.24, 2.45) is 0 Å². The fourth-order valence-electron chi connectivity index (χ4n) is 6.89. The number of ketones is 1. The molecule has 3 aromatic heterocycles. The van der Waals surface area contributed by atoms with Gasteiger partial charge in [-0.05, 0) is 56.6 Å². The molecule has 1 aliphatic carbocycles. The molecule has 0 fully saturated rings. The standard InChI is InChI=1S/C30H34FN7O3S/c1-36-11-8-19-23(14-36)42-30(34-19)35-20-9-12-37(2)26(28(20)40)16-7-10-32-25(18(16)15-39)21-13-38-22-6-4-3-5-17(22)24(31)27(38)29(41)33-21/h7,9-10,12,20-21,26,39H,3-6,8,11,13-15H2,1-2H3,(H,33,41)(H,34,35). The van der Waals surface area contributed by atoms with E-state index in [0.29, 0.717) is 35.3 Å². The predicted molar refractivity (Wildman–Crippen MR) is 156 cm³/mol. The van der Waals surface area contributed by atoms with Crippen molar-refractivity contribution < 1.29 is 19.1 Å². The topological polar surface area (TPSA) is 116 Å². The second-order valence-corrected chi connectivity index (χ2v) is 12.7. The van der Waals surface area contributed by atoms with Crippen molar-refractivity contribution in [3.8, 4) is 0 Å². The summed E-state index contributed by atoms with van der Waals surface area (Å²) in [7, 11) is 3.92. The van der Waals surface area contributed by atoms with Crippen molar-refractivity contribution in [1.82, 2.24) is 29.7 Å². The molecule has 4 aliphatic rings. The Bertz CT molecular complexity index is 1610. The van der Waals surface area contributed by atoms with Crippen molar-refractivity contribution >= 4 is 28.2 Å². The Balaban J connectivity index is 1.19. The maximum atomic E-state index is 15.2. The number of anilines is 1. The lowest BCUT2D eigenvalue weighted by Crippen LogP contribution is -2.43. The molecule has 3 unspecified atom stereocenters. The Labute approximate surface area is 247 Å². The molecule has 3 N–H and O–H groups in total. The molecule has 3 atom stereocenters. The Morgan fingerprint density at radius 3 is 2.88 bits per heavy atom. The molecular weight excluding hydrogens is 557 g/mol. The van der Waals surface area contributed by atoms with Gasteiger partial charge < -0.3 is 30.1 Å². The lowest BCUT2D eigenvalue weighted by molar-refractivity contribution is -0.123. The average Bonchev–Trinajstić information content (AvgIpc) is 3.52. The van der Waals surface area contributed by atoms with Crippen molar-refractivity contribution in [3.63, 3.8) is 0 Å². The zero-order valence-corrected chi connectivity index (χ0v) is 24.5. The summed E-state index contributed by atoms with van der Waals surface area (Å²) in [6.07, 6.45) is 9.44. The number of fused-ring (bicyclic) bond motifs is 4. The molecule has 0 saturated carbocycles. The molecule has 0 bridgehead atoms. The fraction of sp³-hybridized carbons (Fsp3) is 0.467. The smallest absolute Gasteiger partial charge is 0.271 e. The van der Waals surface area contributed by atoms with E-state index < -0.39 is 29.8 Å². The molecule has 0 radical (unpaired) electrons. The Kier molecular flexibility index (Phi) is 6.87. The maximum absolute atomic E-state index is 15.2. The van der Waals surface area contributed by atoms with E-state index in [1.165, 1.54) is 4.88 Å². The molecule has 3 aromatic rings. The Morgan fingerprint density at radius 1 is 1.21 bits per heavy atom. The number of halogens is 1. The second kappa shape index (κ2) is 10.6. The first-order chi connectivity index (χ1) is 20.3. The summed E-state index contributed by atoms with van der Waals surface area (Å²) in [6.45, 7) is 1.77. The fourth-order valence-corrected chi connectivity index (χ4v) is 8.02. The van der Waals surface area contributed by atoms with Gasteiger partial charge in [0, 0.05) is 61.0 Å². The molecule has 1 amide bonds. The van der Waals surface area contributed by atoms with Gasteiger partial charge in [-0.15, -0.1) is 11.3 Å². The first kappa shape index (κ1) is 27.2. The maximum Gasteiger partial charge on any atom is 0.271 e. The van der Waals surface area contributed by atoms with Crippen LogP contribution in [0.5, 0.6) is 0 Å². The molecule has 10 nitrogen and oxygen atoms in total. The van der Waals surface area contributed by atoms with Crippen LogP contribution in [0, 0.1) is 5.82 Å². The predicted octanol–water partition coefficient (Wildman–Crippen LogP) is 2.87. The number of nitrogens with zero attached hydrogens (tertiary/aromatic N) is 5. The van der Waals surface area contributed by atoms with Crippen molar-refractivity contribution in [3.05, 3.63) is 74.7 Å². The van der Waals surface area contributed by atoms with E-state index in [0.717, 1.165) is 55.3 Å². The second-order valence-electron chi connectivity index (χ2n) is 11.7. The minimum atomic E-state index is -0.677. The number of thiazole rings is 1. The number of pyridine rings is 1. The van der Waals surface area contributed by atoms with E-state index in [4.69, 9.17) is 4.98 Å². The molecule has 0 spiro atoms. The van der Waals surface area contributed by atoms with Crippen LogP contribution in [0.25, 0.3) is 0 Å². The van der Waals surface area contributed by atoms with Gasteiger partial charge in [-0.1, -0.05) is 0 Å². The first-order valence-corrected chi connectivity index (χ1v) is 15.3. The van der Waals surface area contributed by atoms with Crippen LogP contribution in [0.1, 0.15) is 74.1 Å². The van der Waals surface area contributed by atoms with Gasteiger partial charge in [-0.2, -0.15) is 0 Å². The number of carbonyl (C=O) groups is 2. The summed E-state index contributed by atoms with van der Waals surface area (Å²) in [6, 6.07) is -0.0804. The van der Waals surface area contributed by atoms with Gasteiger partial charge in [0.25, 0.3) is 5.91 Å². The minimum absolute atomic E-state index is 0.0753. The molecule has 3 aliphatic heterocycles. The van der Waals surface area contributed by atoms with Crippen LogP contribution in [0.2, 0.25) is 0 Å². The van der Waals surface area contributed by atoms with Gasteiger partial charge in [0.1, 0.15) is 17.8 Å². The van der Waals surface area contributed by atoms with Crippen LogP contribution < -0.4 is 10.6 Å². The van der Waals surface area contributed by atoms with Crippen LogP contribution >= 0.6 is 11.3 Å². The van der Waals surface area contributed by atoms with Crippen molar-refractivity contribution in [2.75, 3.05) is 26.0 Å². The number of amides is 1. The number of carbonyl (C=O) groups excluding carboxylic acids is 2. The first-order valence-electron chi connectivity index (χ1n) is 14.5. The van der Waals surface area contributed by atoms with Crippen LogP contribution in [-0.4, -0.2) is 67.8 Å². The van der Waals surface area contributed by atoms with E-state index in [9.17, 15) is 14.7 Å². The molecule has 6 heterocycles. The summed E-state index contributed by atoms with van der Waals surface area (Å²) < 4.78 is 17.0. The molecule has 0 saturated heterocycles. The largest absolute Gasteiger partial charge is 0.392 e. The normalized spacial score (nSPS) is 23.8. The summed E-state index contributed by atoms with van der Waals surface area (Å²) in [5.41, 5.74) is 4.31. The number of nitrogens with one attached hydrogen (secondary N) is 2. The van der Waals surface area contributed by atoms with E-state index >= 15 is 4.39 Å². The van der Waals surface area contributed by atoms with Crippen molar-refractivity contribution in [1.29, 1.82) is 0 Å². The molecule has 12 heteroatoms. The van der Waals surface area contributed by atoms with E-state index in [-0.39, 0.29) is 18.1 Å². The Morgan fingerprint density at radius 2 is 2.05 bits per heavy atom. The number of Topliss-reactive ketones (excluding diaryl/α,β-unsaturated/α-hetero) is 1. The molecule has 42 heavy (non-hydrogen) atoms. The van der Waals surface area contributed by atoms with E-state index in [2.05, 4.69) is 27.6 Å². The van der Waals surface area contributed by atoms with Gasteiger partial charge in [-0.25, -0.2) is 9.37 Å². The molecule has 7 rings (SSSR count). The van der Waals surface area contributed by atoms with Gasteiger partial charge in [-0.3, -0.25) is 14.6 Å². The molecular formula is C30H34FN7O3S. The van der Waals surface area contributed by atoms with E-state index in [1.54, 1.807) is 28.2 Å². The monoisotopic (exact) mass is 591 g/mol. The third-order valence-electron chi connectivity index (χ3n) is 9.00. The highest BCUT2D eigenvalue weighted by Gasteiger charge is 2.39. The Hall–Kier alpha value is -3.61. The van der Waals surface area contributed by atoms with E-state index in [1.807, 2.05) is 24.2 Å². The number of likely N-dealkylation sites (N-methyl/N-ethyl adjacent to an activating group) is 2. The highest BCUT2D eigenvalue weighted by atomic mass is 32.1. The summed E-state index contributed by atoms with van der Waals surface area (Å²) in [5.74, 6) is -0.976. The van der Waals surface area contributed by atoms with Gasteiger partial charge in [0.2, 0.25) is 0 Å². The minimum Gasteiger partial charge on any atom is -0.392 e. The van der Waals surface area contributed by atoms with Gasteiger partial charge >= 0.3 is 0 Å². The average molecular weight is 592 g/mol. The van der Waals surface area contributed by atoms with Crippen molar-refractivity contribution in [2.45, 2.75) is 69.9 Å². The number of hydrogen-bond donors (Lipinski definition) is 3. The molecule has 0 aromatic carbocycles. The summed E-state index contributed by atoms with van der Waals surface area (Å²) in [5, 5.41) is 17.6. The number of aliphatic hydroxyl groups excluding tert-OH is 1. The van der Waals surface area contributed by atoms with Gasteiger partial charge in [0.15, 0.2) is 16.7 Å². The quantitative estimate of drug-likeness (QED) is 0.415. The van der Waals surface area contributed by atoms with Crippen LogP contribution in [0.4, 0.5) is 9.52 Å². The number of aromatic nitrogens is 3. The third kappa shape index (κ3) is 4.43. The lowest BCUT2D eigenvalue weighted by atomic mass is 9.89. The highest BCUT2D eigenvalue weighted by Crippen LogP contribution is 2.37. The zero-order valence-electron chi connectivity index (χ0n) is 23.7. The lowest BCUT2D eigenvalue weighted by Gasteiger charge is -2.35.